The highest BCUT2D eigenvalue weighted by Gasteiger charge is 2.24. The van der Waals surface area contributed by atoms with Crippen molar-refractivity contribution in [2.45, 2.75) is 44.4 Å². The fourth-order valence-corrected chi connectivity index (χ4v) is 5.92. The average Bonchev–Trinajstić information content (AvgIpc) is 3.45. The first-order valence-electron chi connectivity index (χ1n) is 10.6. The molecule has 7 nitrogen and oxygen atoms in total. The number of amides is 1. The molecular weight excluding hydrogens is 463 g/mol. The van der Waals surface area contributed by atoms with E-state index in [0.717, 1.165) is 41.8 Å². The summed E-state index contributed by atoms with van der Waals surface area (Å²) >= 11 is 1.39. The molecule has 33 heavy (non-hydrogen) atoms. The van der Waals surface area contributed by atoms with E-state index in [4.69, 9.17) is 4.74 Å². The van der Waals surface area contributed by atoms with Crippen molar-refractivity contribution in [3.8, 4) is 16.2 Å². The molecule has 1 aliphatic carbocycles. The summed E-state index contributed by atoms with van der Waals surface area (Å²) in [6, 6.07) is 6.66. The summed E-state index contributed by atoms with van der Waals surface area (Å²) in [4.78, 5) is 21.9. The maximum absolute atomic E-state index is 13.3. The number of carbonyl (C=O) groups is 1. The van der Waals surface area contributed by atoms with Crippen LogP contribution in [0.15, 0.2) is 35.4 Å². The molecule has 0 radical (unpaired) electrons. The molecular formula is C23H25FN4O3S2. The lowest BCUT2D eigenvalue weighted by molar-refractivity contribution is -0.119. The van der Waals surface area contributed by atoms with Gasteiger partial charge in [-0.05, 0) is 62.1 Å². The van der Waals surface area contributed by atoms with E-state index in [0.29, 0.717) is 27.0 Å². The molecule has 174 valence electrons. The van der Waals surface area contributed by atoms with Gasteiger partial charge in [-0.3, -0.25) is 9.52 Å². The molecule has 4 rings (SSSR count). The highest BCUT2D eigenvalue weighted by Crippen LogP contribution is 2.37. The number of hydrogen-bond donors (Lipinski definition) is 2. The summed E-state index contributed by atoms with van der Waals surface area (Å²) in [7, 11) is -0.171. The third-order valence-electron chi connectivity index (χ3n) is 5.66. The van der Waals surface area contributed by atoms with Crippen molar-refractivity contribution >= 4 is 39.0 Å². The maximum Gasteiger partial charge on any atom is 0.229 e. The third kappa shape index (κ3) is 5.22. The Morgan fingerprint density at radius 1 is 1.24 bits per heavy atom. The molecule has 2 heterocycles. The highest BCUT2D eigenvalue weighted by molar-refractivity contribution is 7.86. The van der Waals surface area contributed by atoms with E-state index in [1.54, 1.807) is 19.1 Å². The molecule has 2 N–H and O–H groups in total. The van der Waals surface area contributed by atoms with Crippen LogP contribution >= 0.6 is 11.3 Å². The molecule has 1 amide bonds. The minimum atomic E-state index is -1.68. The molecule has 1 fully saturated rings. The lowest BCUT2D eigenvalue weighted by Gasteiger charge is -2.13. The first-order valence-corrected chi connectivity index (χ1v) is 12.6. The Balaban J connectivity index is 1.59. The van der Waals surface area contributed by atoms with Crippen molar-refractivity contribution in [1.29, 1.82) is 0 Å². The van der Waals surface area contributed by atoms with Crippen molar-refractivity contribution < 1.29 is 18.1 Å². The molecule has 1 aliphatic rings. The summed E-state index contributed by atoms with van der Waals surface area (Å²) < 4.78 is 34.7. The van der Waals surface area contributed by atoms with E-state index < -0.39 is 16.9 Å². The van der Waals surface area contributed by atoms with Crippen LogP contribution in [0.4, 0.5) is 15.2 Å². The van der Waals surface area contributed by atoms with Gasteiger partial charge in [-0.15, -0.1) is 0 Å². The van der Waals surface area contributed by atoms with Crippen LogP contribution in [0.1, 0.15) is 36.9 Å². The number of thiazole rings is 1. The number of nitrogens with zero attached hydrogens (tertiary/aromatic N) is 2. The van der Waals surface area contributed by atoms with Crippen LogP contribution in [0.25, 0.3) is 10.4 Å². The fourth-order valence-electron chi connectivity index (χ4n) is 3.86. The lowest BCUT2D eigenvalue weighted by Crippen LogP contribution is -2.20. The van der Waals surface area contributed by atoms with Gasteiger partial charge >= 0.3 is 0 Å². The molecule has 0 spiro atoms. The normalized spacial score (nSPS) is 14.8. The summed E-state index contributed by atoms with van der Waals surface area (Å²) in [6.07, 6.45) is 5.34. The number of aromatic nitrogens is 2. The summed E-state index contributed by atoms with van der Waals surface area (Å²) in [6.45, 7) is 3.59. The smallest absolute Gasteiger partial charge is 0.229 e. The Kier molecular flexibility index (Phi) is 7.04. The van der Waals surface area contributed by atoms with Crippen LogP contribution in [0.5, 0.6) is 5.75 Å². The molecule has 2 aromatic heterocycles. The number of hydrogen-bond acceptors (Lipinski definition) is 6. The monoisotopic (exact) mass is 488 g/mol. The second-order valence-electron chi connectivity index (χ2n) is 7.96. The molecule has 1 saturated carbocycles. The number of carbonyl (C=O) groups excluding carboxylic acids is 1. The van der Waals surface area contributed by atoms with E-state index in [2.05, 4.69) is 20.0 Å². The summed E-state index contributed by atoms with van der Waals surface area (Å²) in [5, 5.41) is 3.51. The van der Waals surface area contributed by atoms with Gasteiger partial charge in [-0.2, -0.15) is 4.39 Å². The van der Waals surface area contributed by atoms with E-state index in [1.807, 2.05) is 13.0 Å². The van der Waals surface area contributed by atoms with Crippen molar-refractivity contribution in [1.82, 2.24) is 9.97 Å². The van der Waals surface area contributed by atoms with Crippen LogP contribution < -0.4 is 14.8 Å². The van der Waals surface area contributed by atoms with Crippen molar-refractivity contribution in [2.24, 2.45) is 5.92 Å². The molecule has 1 unspecified atom stereocenters. The molecule has 0 aliphatic heterocycles. The van der Waals surface area contributed by atoms with Crippen molar-refractivity contribution in [2.75, 3.05) is 17.1 Å². The van der Waals surface area contributed by atoms with Crippen LogP contribution in [0.2, 0.25) is 0 Å². The van der Waals surface area contributed by atoms with Gasteiger partial charge in [0.05, 0.1) is 29.6 Å². The largest absolute Gasteiger partial charge is 0.495 e. The van der Waals surface area contributed by atoms with Gasteiger partial charge in [0.1, 0.15) is 10.6 Å². The first kappa shape index (κ1) is 23.3. The Morgan fingerprint density at radius 2 is 2.00 bits per heavy atom. The predicted molar refractivity (Wildman–Crippen MR) is 128 cm³/mol. The number of nitrogens with one attached hydrogen (secondary N) is 2. The Labute approximate surface area is 198 Å². The number of methoxy groups -OCH3 is 1. The van der Waals surface area contributed by atoms with Gasteiger partial charge in [-0.25, -0.2) is 14.2 Å². The molecule has 0 bridgehead atoms. The zero-order chi connectivity index (χ0) is 23.5. The first-order chi connectivity index (χ1) is 15.9. The average molecular weight is 489 g/mol. The fraction of sp³-hybridized carbons (Fsp3) is 0.348. The van der Waals surface area contributed by atoms with Gasteiger partial charge in [0, 0.05) is 5.92 Å². The maximum atomic E-state index is 13.3. The summed E-state index contributed by atoms with van der Waals surface area (Å²) in [5.74, 6) is -0.0610. The van der Waals surface area contributed by atoms with Gasteiger partial charge in [0.25, 0.3) is 0 Å². The number of halogens is 1. The Bertz CT molecular complexity index is 1210. The van der Waals surface area contributed by atoms with Crippen molar-refractivity contribution in [3.63, 3.8) is 0 Å². The van der Waals surface area contributed by atoms with Crippen LogP contribution in [-0.2, 0) is 15.8 Å². The highest BCUT2D eigenvalue weighted by atomic mass is 32.2. The zero-order valence-corrected chi connectivity index (χ0v) is 20.2. The minimum absolute atomic E-state index is 0.0248. The van der Waals surface area contributed by atoms with Crippen LogP contribution in [0.3, 0.4) is 0 Å². The Morgan fingerprint density at radius 3 is 2.70 bits per heavy atom. The van der Waals surface area contributed by atoms with Crippen molar-refractivity contribution in [3.05, 3.63) is 47.7 Å². The number of pyridine rings is 1. The van der Waals surface area contributed by atoms with Gasteiger partial charge in [-0.1, -0.05) is 24.2 Å². The quantitative estimate of drug-likeness (QED) is 0.444. The predicted octanol–water partition coefficient (Wildman–Crippen LogP) is 5.23. The number of aryl methyl sites for hydroxylation is 2. The zero-order valence-electron chi connectivity index (χ0n) is 18.6. The second kappa shape index (κ2) is 9.96. The van der Waals surface area contributed by atoms with Gasteiger partial charge < -0.3 is 10.1 Å². The number of benzene rings is 1. The topological polar surface area (TPSA) is 93.2 Å². The third-order valence-corrected chi connectivity index (χ3v) is 7.90. The number of anilines is 2. The van der Waals surface area contributed by atoms with Gasteiger partial charge in [0.2, 0.25) is 11.9 Å². The van der Waals surface area contributed by atoms with E-state index in [-0.39, 0.29) is 11.8 Å². The molecule has 0 saturated heterocycles. The van der Waals surface area contributed by atoms with Gasteiger partial charge in [0.15, 0.2) is 16.1 Å². The standard InChI is InChI=1S/C23H25FN4O3S2/c1-13-10-20(24)25-12-17(13)28-33(30)19-11-16(8-9-18(19)31-3)21-14(2)26-23(32-21)27-22(29)15-6-4-5-7-15/h8-12,15,28H,4-7H2,1-3H3,(H,26,27,29). The van der Waals surface area contributed by atoms with Crippen LogP contribution in [0, 0.1) is 25.7 Å². The number of rotatable bonds is 7. The van der Waals surface area contributed by atoms with E-state index in [1.165, 1.54) is 30.7 Å². The lowest BCUT2D eigenvalue weighted by atomic mass is 10.1. The minimum Gasteiger partial charge on any atom is -0.495 e. The van der Waals surface area contributed by atoms with E-state index in [9.17, 15) is 13.4 Å². The Hall–Kier alpha value is -2.85. The van der Waals surface area contributed by atoms with E-state index >= 15 is 0 Å². The number of ether oxygens (including phenoxy) is 1. The molecule has 1 atom stereocenters. The molecule has 10 heteroatoms. The van der Waals surface area contributed by atoms with Crippen LogP contribution in [-0.4, -0.2) is 27.2 Å². The SMILES string of the molecule is COc1ccc(-c2sc(NC(=O)C3CCCC3)nc2C)cc1S(=O)Nc1cnc(F)cc1C. The summed E-state index contributed by atoms with van der Waals surface area (Å²) in [5.41, 5.74) is 2.64. The molecule has 3 aromatic rings. The molecule has 1 aromatic carbocycles. The second-order valence-corrected chi connectivity index (χ2v) is 10.1.